The monoisotopic (exact) mass is 481 g/mol. The summed E-state index contributed by atoms with van der Waals surface area (Å²) in [6.07, 6.45) is 0. The Hall–Kier alpha value is -4.08. The number of aromatic nitrogens is 3. The fraction of sp³-hybridized carbons (Fsp3) is 0.125. The highest BCUT2D eigenvalue weighted by molar-refractivity contribution is 6.30. The van der Waals surface area contributed by atoms with E-state index < -0.39 is 17.1 Å². The summed E-state index contributed by atoms with van der Waals surface area (Å²) in [7, 11) is 1.54. The van der Waals surface area contributed by atoms with Gasteiger partial charge in [-0.3, -0.25) is 4.98 Å². The molecule has 4 aromatic rings. The number of rotatable bonds is 8. The molecule has 1 aromatic heterocycles. The number of benzene rings is 3. The van der Waals surface area contributed by atoms with Crippen molar-refractivity contribution in [3.8, 4) is 28.6 Å². The van der Waals surface area contributed by atoms with E-state index in [9.17, 15) is 14.4 Å². The standard InChI is InChI=1S/C24H20ClN3O6/c1-32-13-14-33-21-15-18(11-12-20(21)34-19-5-3-2-4-6-19)28-23(30)26-22(29)27(24(28)31)17-9-7-16(25)8-10-17/h2-12,15H,13-14H2,1H3,(H,26,29,30). The summed E-state index contributed by atoms with van der Waals surface area (Å²) in [6.45, 7) is 0.525. The lowest BCUT2D eigenvalue weighted by molar-refractivity contribution is 0.144. The Balaban J connectivity index is 1.82. The topological polar surface area (TPSA) is 105 Å². The largest absolute Gasteiger partial charge is 0.487 e. The quantitative estimate of drug-likeness (QED) is 0.388. The molecule has 3 aromatic carbocycles. The van der Waals surface area contributed by atoms with Gasteiger partial charge in [0.15, 0.2) is 11.5 Å². The highest BCUT2D eigenvalue weighted by Gasteiger charge is 2.16. The molecule has 0 unspecified atom stereocenters. The van der Waals surface area contributed by atoms with Crippen LogP contribution < -0.4 is 26.5 Å². The van der Waals surface area contributed by atoms with E-state index in [1.54, 1.807) is 25.3 Å². The number of nitrogens with one attached hydrogen (secondary N) is 1. The minimum absolute atomic E-state index is 0.182. The van der Waals surface area contributed by atoms with Crippen molar-refractivity contribution in [3.05, 3.63) is 109 Å². The number of halogens is 1. The Morgan fingerprint density at radius 3 is 2.12 bits per heavy atom. The van der Waals surface area contributed by atoms with Gasteiger partial charge >= 0.3 is 17.1 Å². The molecule has 34 heavy (non-hydrogen) atoms. The molecule has 10 heteroatoms. The van der Waals surface area contributed by atoms with Crippen LogP contribution in [0.2, 0.25) is 5.02 Å². The Morgan fingerprint density at radius 2 is 1.44 bits per heavy atom. The van der Waals surface area contributed by atoms with Crippen LogP contribution in [0.15, 0.2) is 87.2 Å². The Labute approximate surface area is 198 Å². The highest BCUT2D eigenvalue weighted by atomic mass is 35.5. The molecule has 174 valence electrons. The lowest BCUT2D eigenvalue weighted by atomic mass is 10.2. The van der Waals surface area contributed by atoms with Gasteiger partial charge in [0, 0.05) is 18.2 Å². The third-order valence-corrected chi connectivity index (χ3v) is 5.04. The second-order valence-electron chi connectivity index (χ2n) is 7.05. The van der Waals surface area contributed by atoms with Gasteiger partial charge in [0.2, 0.25) is 0 Å². The van der Waals surface area contributed by atoms with Gasteiger partial charge in [-0.15, -0.1) is 0 Å². The molecule has 1 heterocycles. The number of methoxy groups -OCH3 is 1. The lowest BCUT2D eigenvalue weighted by Crippen LogP contribution is -2.48. The Kier molecular flexibility index (Phi) is 6.95. The fourth-order valence-corrected chi connectivity index (χ4v) is 3.33. The van der Waals surface area contributed by atoms with Crippen molar-refractivity contribution in [1.82, 2.24) is 14.1 Å². The molecule has 4 rings (SSSR count). The number of hydrogen-bond acceptors (Lipinski definition) is 6. The number of hydrogen-bond donors (Lipinski definition) is 1. The summed E-state index contributed by atoms with van der Waals surface area (Å²) in [5, 5.41) is 0.438. The number of H-pyrrole nitrogens is 1. The molecule has 0 atom stereocenters. The van der Waals surface area contributed by atoms with Crippen molar-refractivity contribution >= 4 is 11.6 Å². The summed E-state index contributed by atoms with van der Waals surface area (Å²) in [4.78, 5) is 40.5. The van der Waals surface area contributed by atoms with Crippen LogP contribution in [0.4, 0.5) is 0 Å². The average molecular weight is 482 g/mol. The zero-order chi connectivity index (χ0) is 24.1. The summed E-state index contributed by atoms with van der Waals surface area (Å²) in [5.41, 5.74) is -2.17. The van der Waals surface area contributed by atoms with E-state index in [1.807, 2.05) is 18.2 Å². The maximum atomic E-state index is 13.2. The third kappa shape index (κ3) is 4.95. The molecule has 0 radical (unpaired) electrons. The lowest BCUT2D eigenvalue weighted by Gasteiger charge is -2.15. The van der Waals surface area contributed by atoms with E-state index in [1.165, 1.54) is 36.4 Å². The van der Waals surface area contributed by atoms with Gasteiger partial charge in [-0.05, 0) is 48.5 Å². The van der Waals surface area contributed by atoms with E-state index in [0.29, 0.717) is 23.1 Å². The molecule has 1 N–H and O–H groups in total. The second kappa shape index (κ2) is 10.2. The first-order valence-electron chi connectivity index (χ1n) is 10.2. The number of ether oxygens (including phenoxy) is 3. The second-order valence-corrected chi connectivity index (χ2v) is 7.49. The van der Waals surface area contributed by atoms with E-state index in [-0.39, 0.29) is 23.7 Å². The minimum Gasteiger partial charge on any atom is -0.487 e. The van der Waals surface area contributed by atoms with Gasteiger partial charge in [-0.25, -0.2) is 23.5 Å². The molecular weight excluding hydrogens is 462 g/mol. The van der Waals surface area contributed by atoms with Gasteiger partial charge in [0.1, 0.15) is 12.4 Å². The Bertz CT molecular complexity index is 1460. The predicted molar refractivity (Wildman–Crippen MR) is 127 cm³/mol. The van der Waals surface area contributed by atoms with Gasteiger partial charge in [0.05, 0.1) is 18.0 Å². The maximum Gasteiger partial charge on any atom is 0.345 e. The van der Waals surface area contributed by atoms with Gasteiger partial charge in [0.25, 0.3) is 0 Å². The van der Waals surface area contributed by atoms with Crippen molar-refractivity contribution in [1.29, 1.82) is 0 Å². The average Bonchev–Trinajstić information content (AvgIpc) is 2.82. The number of nitrogens with zero attached hydrogens (tertiary/aromatic N) is 2. The fourth-order valence-electron chi connectivity index (χ4n) is 3.21. The Morgan fingerprint density at radius 1 is 0.794 bits per heavy atom. The van der Waals surface area contributed by atoms with Crippen molar-refractivity contribution in [2.75, 3.05) is 20.3 Å². The number of aromatic amines is 1. The number of para-hydroxylation sites is 1. The molecule has 9 nitrogen and oxygen atoms in total. The van der Waals surface area contributed by atoms with Gasteiger partial charge in [-0.1, -0.05) is 29.8 Å². The van der Waals surface area contributed by atoms with Gasteiger partial charge in [-0.2, -0.15) is 0 Å². The predicted octanol–water partition coefficient (Wildman–Crippen LogP) is 3.15. The highest BCUT2D eigenvalue weighted by Crippen LogP contribution is 2.33. The first-order chi connectivity index (χ1) is 16.5. The molecular formula is C24H20ClN3O6. The smallest absolute Gasteiger partial charge is 0.345 e. The van der Waals surface area contributed by atoms with Crippen LogP contribution in [0.1, 0.15) is 0 Å². The maximum absolute atomic E-state index is 13.2. The molecule has 0 aliphatic rings. The zero-order valence-electron chi connectivity index (χ0n) is 18.1. The summed E-state index contributed by atoms with van der Waals surface area (Å²) in [6, 6.07) is 19.8. The summed E-state index contributed by atoms with van der Waals surface area (Å²) in [5.74, 6) is 1.24. The first kappa shape index (κ1) is 23.1. The van der Waals surface area contributed by atoms with Crippen LogP contribution in [0, 0.1) is 0 Å². The molecule has 0 aliphatic heterocycles. The zero-order valence-corrected chi connectivity index (χ0v) is 18.8. The van der Waals surface area contributed by atoms with E-state index in [2.05, 4.69) is 4.98 Å². The normalized spacial score (nSPS) is 10.8. The molecule has 0 aliphatic carbocycles. The summed E-state index contributed by atoms with van der Waals surface area (Å²) < 4.78 is 18.4. The molecule has 0 bridgehead atoms. The molecule has 0 saturated carbocycles. The summed E-state index contributed by atoms with van der Waals surface area (Å²) >= 11 is 5.91. The SMILES string of the molecule is COCCOc1cc(-n2c(=O)[nH]c(=O)n(-c3ccc(Cl)cc3)c2=O)ccc1Oc1ccccc1. The van der Waals surface area contributed by atoms with Crippen molar-refractivity contribution < 1.29 is 14.2 Å². The minimum atomic E-state index is -0.889. The molecule has 0 fully saturated rings. The van der Waals surface area contributed by atoms with Crippen LogP contribution in [-0.4, -0.2) is 34.4 Å². The van der Waals surface area contributed by atoms with Crippen LogP contribution in [0.25, 0.3) is 11.4 Å². The van der Waals surface area contributed by atoms with Crippen LogP contribution in [0.3, 0.4) is 0 Å². The molecule has 0 spiro atoms. The molecule has 0 saturated heterocycles. The molecule has 0 amide bonds. The van der Waals surface area contributed by atoms with Crippen LogP contribution in [0.5, 0.6) is 17.2 Å². The van der Waals surface area contributed by atoms with Crippen molar-refractivity contribution in [3.63, 3.8) is 0 Å². The van der Waals surface area contributed by atoms with Crippen LogP contribution >= 0.6 is 11.6 Å². The first-order valence-corrected chi connectivity index (χ1v) is 10.6. The van der Waals surface area contributed by atoms with Gasteiger partial charge < -0.3 is 14.2 Å². The van der Waals surface area contributed by atoms with E-state index >= 15 is 0 Å². The van der Waals surface area contributed by atoms with Crippen LogP contribution in [-0.2, 0) is 4.74 Å². The van der Waals surface area contributed by atoms with Crippen molar-refractivity contribution in [2.24, 2.45) is 0 Å². The van der Waals surface area contributed by atoms with E-state index in [0.717, 1.165) is 9.13 Å². The van der Waals surface area contributed by atoms with E-state index in [4.69, 9.17) is 25.8 Å². The third-order valence-electron chi connectivity index (χ3n) is 4.79. The van der Waals surface area contributed by atoms with Crippen molar-refractivity contribution in [2.45, 2.75) is 0 Å².